The van der Waals surface area contributed by atoms with Crippen molar-refractivity contribution in [1.29, 1.82) is 0 Å². The molecule has 2 aromatic heterocycles. The molecule has 0 spiro atoms. The van der Waals surface area contributed by atoms with Gasteiger partial charge in [0.15, 0.2) is 5.82 Å². The van der Waals surface area contributed by atoms with Crippen molar-refractivity contribution in [1.82, 2.24) is 15.2 Å². The summed E-state index contributed by atoms with van der Waals surface area (Å²) in [6, 6.07) is 6.25. The molecule has 0 amide bonds. The lowest BCUT2D eigenvalue weighted by Gasteiger charge is -2.23. The zero-order valence-electron chi connectivity index (χ0n) is 12.4. The van der Waals surface area contributed by atoms with Gasteiger partial charge in [-0.1, -0.05) is 0 Å². The Bertz CT molecular complexity index is 630. The first-order valence-electron chi connectivity index (χ1n) is 7.35. The minimum absolute atomic E-state index is 0.569. The summed E-state index contributed by atoms with van der Waals surface area (Å²) in [5, 5.41) is 7.97. The first-order chi connectivity index (χ1) is 11.0. The zero-order chi connectivity index (χ0) is 16.3. The Morgan fingerprint density at radius 3 is 2.22 bits per heavy atom. The number of nitrogens with zero attached hydrogens (tertiary/aromatic N) is 5. The van der Waals surface area contributed by atoms with Crippen LogP contribution in [0, 0.1) is 0 Å². The monoisotopic (exact) mass is 323 g/mol. The predicted octanol–water partition coefficient (Wildman–Crippen LogP) is 2.61. The second kappa shape index (κ2) is 6.39. The second-order valence-electron chi connectivity index (χ2n) is 5.31. The predicted molar refractivity (Wildman–Crippen MR) is 80.3 cm³/mol. The van der Waals surface area contributed by atoms with Crippen molar-refractivity contribution >= 4 is 11.6 Å². The number of hydrogen-bond acceptors (Lipinski definition) is 5. The summed E-state index contributed by atoms with van der Waals surface area (Å²) in [5.41, 5.74) is -0.725. The van der Waals surface area contributed by atoms with E-state index in [1.807, 2.05) is 17.0 Å². The lowest BCUT2D eigenvalue weighted by molar-refractivity contribution is -0.137. The fourth-order valence-electron chi connectivity index (χ4n) is 2.58. The molecule has 3 heterocycles. The summed E-state index contributed by atoms with van der Waals surface area (Å²) in [6.07, 6.45) is -0.965. The van der Waals surface area contributed by atoms with Gasteiger partial charge in [0.25, 0.3) is 0 Å². The maximum Gasteiger partial charge on any atom is 0.417 e. The van der Waals surface area contributed by atoms with Gasteiger partial charge in [-0.25, -0.2) is 4.98 Å². The van der Waals surface area contributed by atoms with Gasteiger partial charge >= 0.3 is 6.18 Å². The van der Waals surface area contributed by atoms with Gasteiger partial charge in [-0.2, -0.15) is 18.3 Å². The lowest BCUT2D eigenvalue weighted by atomic mass is 10.2. The maximum absolute atomic E-state index is 12.6. The molecule has 3 rings (SSSR count). The summed E-state index contributed by atoms with van der Waals surface area (Å²) >= 11 is 0. The van der Waals surface area contributed by atoms with E-state index in [1.165, 1.54) is 6.07 Å². The fraction of sp³-hybridized carbons (Fsp3) is 0.400. The third kappa shape index (κ3) is 3.69. The summed E-state index contributed by atoms with van der Waals surface area (Å²) in [7, 11) is 0. The van der Waals surface area contributed by atoms with Crippen molar-refractivity contribution in [3.05, 3.63) is 42.2 Å². The van der Waals surface area contributed by atoms with Gasteiger partial charge in [-0.05, 0) is 30.7 Å². The van der Waals surface area contributed by atoms with Crippen LogP contribution in [0.2, 0.25) is 0 Å². The van der Waals surface area contributed by atoms with Crippen molar-refractivity contribution < 1.29 is 13.2 Å². The van der Waals surface area contributed by atoms with Crippen LogP contribution in [0.4, 0.5) is 24.8 Å². The maximum atomic E-state index is 12.6. The van der Waals surface area contributed by atoms with Crippen LogP contribution < -0.4 is 9.80 Å². The molecule has 122 valence electrons. The third-order valence-electron chi connectivity index (χ3n) is 3.78. The molecule has 8 heteroatoms. The normalized spacial score (nSPS) is 16.3. The zero-order valence-corrected chi connectivity index (χ0v) is 12.4. The van der Waals surface area contributed by atoms with Crippen molar-refractivity contribution in [2.75, 3.05) is 36.0 Å². The Hall–Kier alpha value is -2.38. The summed E-state index contributed by atoms with van der Waals surface area (Å²) < 4.78 is 37.8. The van der Waals surface area contributed by atoms with E-state index in [0.29, 0.717) is 12.4 Å². The molecule has 0 N–H and O–H groups in total. The molecule has 2 aromatic rings. The molecular formula is C15H16F3N5. The third-order valence-corrected chi connectivity index (χ3v) is 3.78. The van der Waals surface area contributed by atoms with Gasteiger partial charge in [-0.15, -0.1) is 5.10 Å². The lowest BCUT2D eigenvalue weighted by Crippen LogP contribution is -2.31. The molecule has 0 aliphatic carbocycles. The van der Waals surface area contributed by atoms with E-state index in [9.17, 15) is 13.2 Å². The van der Waals surface area contributed by atoms with Crippen LogP contribution in [0.15, 0.2) is 36.7 Å². The largest absolute Gasteiger partial charge is 0.417 e. The van der Waals surface area contributed by atoms with Gasteiger partial charge in [0, 0.05) is 38.6 Å². The van der Waals surface area contributed by atoms with E-state index in [1.54, 1.807) is 6.20 Å². The van der Waals surface area contributed by atoms with E-state index >= 15 is 0 Å². The average Bonchev–Trinajstić information content (AvgIpc) is 2.81. The van der Waals surface area contributed by atoms with Crippen molar-refractivity contribution in [2.24, 2.45) is 0 Å². The number of anilines is 2. The molecule has 5 nitrogen and oxygen atoms in total. The second-order valence-corrected chi connectivity index (χ2v) is 5.31. The number of aromatic nitrogens is 3. The molecule has 0 radical (unpaired) electrons. The molecule has 23 heavy (non-hydrogen) atoms. The van der Waals surface area contributed by atoms with Crippen LogP contribution in [0.1, 0.15) is 12.0 Å². The summed E-state index contributed by atoms with van der Waals surface area (Å²) in [4.78, 5) is 8.09. The summed E-state index contributed by atoms with van der Waals surface area (Å²) in [6.45, 7) is 2.97. The van der Waals surface area contributed by atoms with Crippen LogP contribution in [-0.2, 0) is 6.18 Å². The van der Waals surface area contributed by atoms with E-state index < -0.39 is 11.7 Å². The summed E-state index contributed by atoms with van der Waals surface area (Å²) in [5.74, 6) is 1.38. The van der Waals surface area contributed by atoms with E-state index in [4.69, 9.17) is 0 Å². The number of hydrogen-bond donors (Lipinski definition) is 0. The van der Waals surface area contributed by atoms with Gasteiger partial charge in [0.05, 0.1) is 5.56 Å². The topological polar surface area (TPSA) is 45.2 Å². The Morgan fingerprint density at radius 2 is 1.65 bits per heavy atom. The molecule has 0 bridgehead atoms. The standard InChI is InChI=1S/C15H16F3N5/c16-15(17,18)12-4-5-13(19-11-12)22-7-2-8-23(10-9-22)14-3-1-6-20-21-14/h1,3-6,11H,2,7-10H2. The molecule has 1 fully saturated rings. The van der Waals surface area contributed by atoms with Crippen LogP contribution in [0.3, 0.4) is 0 Å². The molecule has 0 aromatic carbocycles. The van der Waals surface area contributed by atoms with E-state index in [2.05, 4.69) is 20.1 Å². The molecule has 1 saturated heterocycles. The van der Waals surface area contributed by atoms with Gasteiger partial charge < -0.3 is 9.80 Å². The van der Waals surface area contributed by atoms with Crippen LogP contribution in [0.25, 0.3) is 0 Å². The van der Waals surface area contributed by atoms with Crippen LogP contribution in [-0.4, -0.2) is 41.4 Å². The Morgan fingerprint density at radius 1 is 0.913 bits per heavy atom. The average molecular weight is 323 g/mol. The van der Waals surface area contributed by atoms with Crippen LogP contribution in [0.5, 0.6) is 0 Å². The van der Waals surface area contributed by atoms with E-state index in [0.717, 1.165) is 44.1 Å². The smallest absolute Gasteiger partial charge is 0.355 e. The Balaban J connectivity index is 1.68. The molecule has 0 saturated carbocycles. The highest BCUT2D eigenvalue weighted by atomic mass is 19.4. The van der Waals surface area contributed by atoms with Crippen molar-refractivity contribution in [2.45, 2.75) is 12.6 Å². The molecule has 1 aliphatic heterocycles. The number of pyridine rings is 1. The number of rotatable bonds is 2. The van der Waals surface area contributed by atoms with Gasteiger partial charge in [-0.3, -0.25) is 0 Å². The molecule has 1 aliphatic rings. The first-order valence-corrected chi connectivity index (χ1v) is 7.35. The minimum Gasteiger partial charge on any atom is -0.355 e. The molecular weight excluding hydrogens is 307 g/mol. The molecule has 0 unspecified atom stereocenters. The van der Waals surface area contributed by atoms with Gasteiger partial charge in [0.2, 0.25) is 0 Å². The van der Waals surface area contributed by atoms with Gasteiger partial charge in [0.1, 0.15) is 5.82 Å². The molecule has 0 atom stereocenters. The van der Waals surface area contributed by atoms with Crippen molar-refractivity contribution in [3.8, 4) is 0 Å². The quantitative estimate of drug-likeness (QED) is 0.850. The highest BCUT2D eigenvalue weighted by Crippen LogP contribution is 2.29. The number of halogens is 3. The first kappa shape index (κ1) is 15.5. The minimum atomic E-state index is -4.35. The Kier molecular flexibility index (Phi) is 4.31. The highest BCUT2D eigenvalue weighted by Gasteiger charge is 2.31. The highest BCUT2D eigenvalue weighted by molar-refractivity contribution is 5.43. The SMILES string of the molecule is FC(F)(F)c1ccc(N2CCCN(c3cccnn3)CC2)nc1. The van der Waals surface area contributed by atoms with E-state index in [-0.39, 0.29) is 0 Å². The number of alkyl halides is 3. The van der Waals surface area contributed by atoms with Crippen molar-refractivity contribution in [3.63, 3.8) is 0 Å². The van der Waals surface area contributed by atoms with Crippen LogP contribution >= 0.6 is 0 Å². The Labute approximate surface area is 131 Å². The fourth-order valence-corrected chi connectivity index (χ4v) is 2.58.